The second-order valence-corrected chi connectivity index (χ2v) is 4.49. The molecular weight excluding hydrogens is 248 g/mol. The molecule has 0 saturated carbocycles. The summed E-state index contributed by atoms with van der Waals surface area (Å²) in [6.07, 6.45) is 0.823. The molecule has 6 nitrogen and oxygen atoms in total. The first-order chi connectivity index (χ1) is 9.11. The molecule has 1 fully saturated rings. The van der Waals surface area contributed by atoms with Gasteiger partial charge in [0.15, 0.2) is 0 Å². The molecule has 2 rings (SSSR count). The minimum atomic E-state index is -0.889. The van der Waals surface area contributed by atoms with E-state index in [2.05, 4.69) is 0 Å². The van der Waals surface area contributed by atoms with E-state index in [1.807, 2.05) is 0 Å². The zero-order chi connectivity index (χ0) is 13.8. The largest absolute Gasteiger partial charge is 0.495 e. The molecule has 1 atom stereocenters. The molecule has 3 N–H and O–H groups in total. The van der Waals surface area contributed by atoms with Gasteiger partial charge in [0, 0.05) is 12.6 Å². The zero-order valence-electron chi connectivity index (χ0n) is 10.8. The van der Waals surface area contributed by atoms with Crippen molar-refractivity contribution in [2.45, 2.75) is 18.9 Å². The summed E-state index contributed by atoms with van der Waals surface area (Å²) in [6.45, 7) is 0.923. The molecule has 1 saturated heterocycles. The number of anilines is 1. The van der Waals surface area contributed by atoms with Crippen LogP contribution in [0, 0.1) is 0 Å². The predicted molar refractivity (Wildman–Crippen MR) is 70.7 cm³/mol. The van der Waals surface area contributed by atoms with Gasteiger partial charge >= 0.3 is 6.09 Å². The Morgan fingerprint density at radius 1 is 1.58 bits per heavy atom. The first-order valence-corrected chi connectivity index (χ1v) is 6.17. The first kappa shape index (κ1) is 13.3. The summed E-state index contributed by atoms with van der Waals surface area (Å²) in [5.41, 5.74) is 6.28. The average molecular weight is 266 g/mol. The van der Waals surface area contributed by atoms with Crippen LogP contribution < -0.4 is 15.2 Å². The number of hydrogen-bond donors (Lipinski definition) is 2. The van der Waals surface area contributed by atoms with Crippen LogP contribution in [0.15, 0.2) is 18.2 Å². The second kappa shape index (κ2) is 5.69. The van der Waals surface area contributed by atoms with Crippen LogP contribution in [0.4, 0.5) is 10.5 Å². The van der Waals surface area contributed by atoms with Crippen LogP contribution in [-0.2, 0) is 0 Å². The lowest BCUT2D eigenvalue weighted by Crippen LogP contribution is -2.37. The van der Waals surface area contributed by atoms with Crippen molar-refractivity contribution in [1.82, 2.24) is 4.90 Å². The van der Waals surface area contributed by atoms with Gasteiger partial charge in [-0.3, -0.25) is 0 Å². The van der Waals surface area contributed by atoms with Gasteiger partial charge in [-0.15, -0.1) is 0 Å². The van der Waals surface area contributed by atoms with Crippen molar-refractivity contribution in [3.63, 3.8) is 0 Å². The summed E-state index contributed by atoms with van der Waals surface area (Å²) < 4.78 is 10.7. The van der Waals surface area contributed by atoms with E-state index in [0.29, 0.717) is 30.3 Å². The molecule has 1 aromatic carbocycles. The molecule has 1 heterocycles. The number of carbonyl (C=O) groups is 1. The van der Waals surface area contributed by atoms with E-state index < -0.39 is 6.09 Å². The first-order valence-electron chi connectivity index (χ1n) is 6.17. The number of nitrogens with zero attached hydrogens (tertiary/aromatic N) is 1. The molecule has 0 aromatic heterocycles. The molecule has 1 aromatic rings. The Morgan fingerprint density at radius 2 is 2.37 bits per heavy atom. The van der Waals surface area contributed by atoms with Gasteiger partial charge in [0.2, 0.25) is 0 Å². The number of nitrogen functional groups attached to an aromatic ring is 1. The summed E-state index contributed by atoms with van der Waals surface area (Å²) in [5, 5.41) is 9.03. The fraction of sp³-hybridized carbons (Fsp3) is 0.462. The Morgan fingerprint density at radius 3 is 3.00 bits per heavy atom. The minimum Gasteiger partial charge on any atom is -0.495 e. The number of amides is 1. The van der Waals surface area contributed by atoms with Crippen LogP contribution in [0.25, 0.3) is 0 Å². The molecule has 1 aliphatic heterocycles. The van der Waals surface area contributed by atoms with Crippen molar-refractivity contribution in [2.75, 3.05) is 26.0 Å². The molecule has 6 heteroatoms. The number of nitrogens with two attached hydrogens (primary N) is 1. The maximum Gasteiger partial charge on any atom is 0.407 e. The molecule has 104 valence electrons. The Bertz CT molecular complexity index is 464. The van der Waals surface area contributed by atoms with E-state index in [4.69, 9.17) is 20.3 Å². The number of methoxy groups -OCH3 is 1. The highest BCUT2D eigenvalue weighted by Crippen LogP contribution is 2.27. The molecule has 0 radical (unpaired) electrons. The van der Waals surface area contributed by atoms with Gasteiger partial charge in [-0.2, -0.15) is 0 Å². The fourth-order valence-electron chi connectivity index (χ4n) is 2.26. The molecule has 0 aliphatic carbocycles. The molecule has 19 heavy (non-hydrogen) atoms. The van der Waals surface area contributed by atoms with Gasteiger partial charge in [0.1, 0.15) is 18.1 Å². The van der Waals surface area contributed by atoms with Crippen molar-refractivity contribution in [1.29, 1.82) is 0 Å². The van der Waals surface area contributed by atoms with Crippen LogP contribution in [0.5, 0.6) is 11.5 Å². The summed E-state index contributed by atoms with van der Waals surface area (Å²) in [4.78, 5) is 12.4. The Hall–Kier alpha value is -2.11. The Labute approximate surface area is 111 Å². The third-order valence-corrected chi connectivity index (χ3v) is 3.27. The van der Waals surface area contributed by atoms with E-state index in [9.17, 15) is 4.79 Å². The topological polar surface area (TPSA) is 85.0 Å². The van der Waals surface area contributed by atoms with Crippen LogP contribution >= 0.6 is 0 Å². The summed E-state index contributed by atoms with van der Waals surface area (Å²) in [6, 6.07) is 5.09. The van der Waals surface area contributed by atoms with Gasteiger partial charge in [-0.05, 0) is 25.0 Å². The smallest absolute Gasteiger partial charge is 0.407 e. The quantitative estimate of drug-likeness (QED) is 0.812. The van der Waals surface area contributed by atoms with E-state index in [1.165, 1.54) is 4.90 Å². The third-order valence-electron chi connectivity index (χ3n) is 3.27. The fourth-order valence-corrected chi connectivity index (χ4v) is 2.26. The predicted octanol–water partition coefficient (Wildman–Crippen LogP) is 1.80. The summed E-state index contributed by atoms with van der Waals surface area (Å²) in [5.74, 6) is 1.22. The molecule has 0 spiro atoms. The van der Waals surface area contributed by atoms with Crippen LogP contribution in [0.3, 0.4) is 0 Å². The van der Waals surface area contributed by atoms with Gasteiger partial charge in [0.25, 0.3) is 0 Å². The lowest BCUT2D eigenvalue weighted by atomic mass is 10.2. The van der Waals surface area contributed by atoms with E-state index in [0.717, 1.165) is 12.8 Å². The van der Waals surface area contributed by atoms with E-state index in [-0.39, 0.29) is 6.04 Å². The highest BCUT2D eigenvalue weighted by Gasteiger charge is 2.28. The van der Waals surface area contributed by atoms with E-state index in [1.54, 1.807) is 25.3 Å². The van der Waals surface area contributed by atoms with E-state index >= 15 is 0 Å². The summed E-state index contributed by atoms with van der Waals surface area (Å²) >= 11 is 0. The van der Waals surface area contributed by atoms with Gasteiger partial charge in [-0.25, -0.2) is 4.79 Å². The van der Waals surface area contributed by atoms with Gasteiger partial charge in [-0.1, -0.05) is 0 Å². The third kappa shape index (κ3) is 3.01. The van der Waals surface area contributed by atoms with Crippen molar-refractivity contribution in [2.24, 2.45) is 0 Å². The van der Waals surface area contributed by atoms with Crippen molar-refractivity contribution >= 4 is 11.8 Å². The number of benzene rings is 1. The normalized spacial score (nSPS) is 18.4. The van der Waals surface area contributed by atoms with Gasteiger partial charge < -0.3 is 25.2 Å². The number of hydrogen-bond acceptors (Lipinski definition) is 4. The monoisotopic (exact) mass is 266 g/mol. The highest BCUT2D eigenvalue weighted by molar-refractivity contribution is 5.65. The maximum absolute atomic E-state index is 11.0. The van der Waals surface area contributed by atoms with Crippen LogP contribution in [0.2, 0.25) is 0 Å². The van der Waals surface area contributed by atoms with Crippen molar-refractivity contribution in [3.05, 3.63) is 18.2 Å². The lowest BCUT2D eigenvalue weighted by Gasteiger charge is -2.21. The Balaban J connectivity index is 1.95. The van der Waals surface area contributed by atoms with Crippen LogP contribution in [-0.4, -0.2) is 42.4 Å². The number of likely N-dealkylation sites (tertiary alicyclic amines) is 1. The van der Waals surface area contributed by atoms with Crippen molar-refractivity contribution < 1.29 is 19.4 Å². The Kier molecular flexibility index (Phi) is 3.99. The molecule has 1 aliphatic rings. The molecule has 0 unspecified atom stereocenters. The molecular formula is C13H18N2O4. The molecule has 0 bridgehead atoms. The average Bonchev–Trinajstić information content (AvgIpc) is 2.85. The SMILES string of the molecule is COc1ccc(OC[C@H]2CCCN2C(=O)O)cc1N. The highest BCUT2D eigenvalue weighted by atomic mass is 16.5. The minimum absolute atomic E-state index is 0.0826. The van der Waals surface area contributed by atoms with Crippen molar-refractivity contribution in [3.8, 4) is 11.5 Å². The summed E-state index contributed by atoms with van der Waals surface area (Å²) in [7, 11) is 1.55. The standard InChI is InChI=1S/C13H18N2O4/c1-18-12-5-4-10(7-11(12)14)19-8-9-3-2-6-15(9)13(16)17/h4-5,7,9H,2-3,6,8,14H2,1H3,(H,16,17)/t9-/m1/s1. The second-order valence-electron chi connectivity index (χ2n) is 4.49. The zero-order valence-corrected chi connectivity index (χ0v) is 10.8. The number of rotatable bonds is 4. The number of ether oxygens (including phenoxy) is 2. The molecule has 1 amide bonds. The number of carboxylic acid groups (broad SMARTS) is 1. The maximum atomic E-state index is 11.0. The van der Waals surface area contributed by atoms with Crippen LogP contribution in [0.1, 0.15) is 12.8 Å². The van der Waals surface area contributed by atoms with Gasteiger partial charge in [0.05, 0.1) is 18.8 Å². The lowest BCUT2D eigenvalue weighted by molar-refractivity contribution is 0.123.